The summed E-state index contributed by atoms with van der Waals surface area (Å²) >= 11 is 1.32. The predicted octanol–water partition coefficient (Wildman–Crippen LogP) is -0.0748. The summed E-state index contributed by atoms with van der Waals surface area (Å²) in [6.07, 6.45) is 0. The maximum absolute atomic E-state index is 8.76. The van der Waals surface area contributed by atoms with Gasteiger partial charge in [-0.05, 0) is 5.38 Å². The van der Waals surface area contributed by atoms with E-state index >= 15 is 0 Å². The molecule has 9 heavy (non-hydrogen) atoms. The summed E-state index contributed by atoms with van der Waals surface area (Å²) in [6.45, 7) is 0. The van der Waals surface area contributed by atoms with Crippen molar-refractivity contribution >= 4 is 23.2 Å². The van der Waals surface area contributed by atoms with E-state index in [9.17, 15) is 0 Å². The third kappa shape index (κ3) is 1.52. The summed E-state index contributed by atoms with van der Waals surface area (Å²) in [6, 6.07) is 3.44. The van der Waals surface area contributed by atoms with Gasteiger partial charge in [-0.15, -0.1) is 0 Å². The van der Waals surface area contributed by atoms with E-state index < -0.39 is 7.12 Å². The highest BCUT2D eigenvalue weighted by Crippen LogP contribution is 1.94. The van der Waals surface area contributed by atoms with Gasteiger partial charge in [0.15, 0.2) is 0 Å². The van der Waals surface area contributed by atoms with Gasteiger partial charge < -0.3 is 5.02 Å². The SMILES string of the molecule is OOB(O)c1cccs1. The van der Waals surface area contributed by atoms with Crippen molar-refractivity contribution in [3.63, 3.8) is 0 Å². The second kappa shape index (κ2) is 2.98. The molecule has 1 rings (SSSR count). The van der Waals surface area contributed by atoms with Gasteiger partial charge in [-0.2, -0.15) is 11.3 Å². The first-order valence-corrected chi connectivity index (χ1v) is 3.24. The smallest absolute Gasteiger partial charge is 0.421 e. The maximum Gasteiger partial charge on any atom is 0.532 e. The molecule has 0 aromatic carbocycles. The quantitative estimate of drug-likeness (QED) is 0.347. The molecule has 0 bridgehead atoms. The summed E-state index contributed by atoms with van der Waals surface area (Å²) in [5.74, 6) is 0. The van der Waals surface area contributed by atoms with Gasteiger partial charge in [-0.25, -0.2) is 0 Å². The van der Waals surface area contributed by atoms with E-state index in [0.717, 1.165) is 0 Å². The second-order valence-electron chi connectivity index (χ2n) is 1.47. The van der Waals surface area contributed by atoms with Gasteiger partial charge in [0.2, 0.25) is 0 Å². The van der Waals surface area contributed by atoms with Crippen molar-refractivity contribution in [1.82, 2.24) is 0 Å². The highest BCUT2D eigenvalue weighted by molar-refractivity contribution is 7.20. The third-order valence-electron chi connectivity index (χ3n) is 0.886. The van der Waals surface area contributed by atoms with Crippen LogP contribution in [-0.2, 0) is 4.81 Å². The van der Waals surface area contributed by atoms with Crippen molar-refractivity contribution in [1.29, 1.82) is 0 Å². The van der Waals surface area contributed by atoms with Crippen molar-refractivity contribution in [3.05, 3.63) is 17.5 Å². The molecule has 1 aromatic rings. The Hall–Kier alpha value is -0.355. The molecule has 0 aliphatic carbocycles. The summed E-state index contributed by atoms with van der Waals surface area (Å²) < 4.78 is 0.595. The largest absolute Gasteiger partial charge is 0.532 e. The molecule has 0 aliphatic heterocycles. The Bertz CT molecular complexity index is 164. The minimum Gasteiger partial charge on any atom is -0.421 e. The van der Waals surface area contributed by atoms with Crippen LogP contribution >= 0.6 is 11.3 Å². The summed E-state index contributed by atoms with van der Waals surface area (Å²) in [7, 11) is -1.19. The number of hydrogen-bond acceptors (Lipinski definition) is 4. The predicted molar refractivity (Wildman–Crippen MR) is 35.6 cm³/mol. The minimum absolute atomic E-state index is 0.595. The van der Waals surface area contributed by atoms with Gasteiger partial charge in [-0.1, -0.05) is 12.1 Å². The van der Waals surface area contributed by atoms with E-state index in [1.807, 2.05) is 0 Å². The molecule has 0 aliphatic rings. The van der Waals surface area contributed by atoms with Crippen LogP contribution in [0.15, 0.2) is 17.5 Å². The minimum atomic E-state index is -1.19. The molecule has 0 radical (unpaired) electrons. The monoisotopic (exact) mass is 144 g/mol. The molecule has 48 valence electrons. The van der Waals surface area contributed by atoms with Crippen LogP contribution < -0.4 is 4.78 Å². The molecular weight excluding hydrogens is 139 g/mol. The Balaban J connectivity index is 2.65. The highest BCUT2D eigenvalue weighted by Gasteiger charge is 2.16. The fourth-order valence-electron chi connectivity index (χ4n) is 0.484. The lowest BCUT2D eigenvalue weighted by Gasteiger charge is -1.94. The lowest BCUT2D eigenvalue weighted by molar-refractivity contribution is -0.154. The maximum atomic E-state index is 8.76. The Kier molecular flexibility index (Phi) is 2.24. The normalized spacial score (nSPS) is 9.56. The van der Waals surface area contributed by atoms with E-state index in [0.29, 0.717) is 4.78 Å². The van der Waals surface area contributed by atoms with E-state index in [4.69, 9.17) is 10.3 Å². The van der Waals surface area contributed by atoms with Crippen LogP contribution in [0.4, 0.5) is 0 Å². The lowest BCUT2D eigenvalue weighted by Crippen LogP contribution is -2.29. The first-order chi connectivity index (χ1) is 4.34. The van der Waals surface area contributed by atoms with Crippen LogP contribution in [0.5, 0.6) is 0 Å². The van der Waals surface area contributed by atoms with E-state index in [-0.39, 0.29) is 0 Å². The molecule has 0 spiro atoms. The van der Waals surface area contributed by atoms with Gasteiger partial charge in [0, 0.05) is 4.78 Å². The van der Waals surface area contributed by atoms with Crippen LogP contribution in [-0.4, -0.2) is 17.4 Å². The Morgan fingerprint density at radius 1 is 1.67 bits per heavy atom. The van der Waals surface area contributed by atoms with Gasteiger partial charge in [0.05, 0.1) is 0 Å². The first kappa shape index (κ1) is 6.76. The van der Waals surface area contributed by atoms with Gasteiger partial charge in [0.1, 0.15) is 0 Å². The van der Waals surface area contributed by atoms with Crippen LogP contribution in [0.2, 0.25) is 0 Å². The summed E-state index contributed by atoms with van der Waals surface area (Å²) in [5, 5.41) is 18.5. The molecular formula is C4H5BO3S. The van der Waals surface area contributed by atoms with Crippen molar-refractivity contribution < 1.29 is 15.1 Å². The molecule has 1 aromatic heterocycles. The molecule has 1 heterocycles. The average Bonchev–Trinajstić information content (AvgIpc) is 2.37. The van der Waals surface area contributed by atoms with Crippen LogP contribution in [0.25, 0.3) is 0 Å². The zero-order valence-electron chi connectivity index (χ0n) is 4.52. The molecule has 5 heteroatoms. The summed E-state index contributed by atoms with van der Waals surface area (Å²) in [5.41, 5.74) is 0. The molecule has 3 nitrogen and oxygen atoms in total. The molecule has 0 atom stereocenters. The Labute approximate surface area is 56.6 Å². The van der Waals surface area contributed by atoms with Crippen LogP contribution in [0.1, 0.15) is 0 Å². The highest BCUT2D eigenvalue weighted by atomic mass is 32.1. The Morgan fingerprint density at radius 2 is 2.44 bits per heavy atom. The molecule has 0 saturated heterocycles. The van der Waals surface area contributed by atoms with E-state index in [1.54, 1.807) is 17.5 Å². The number of hydrogen-bond donors (Lipinski definition) is 2. The lowest BCUT2D eigenvalue weighted by atomic mass is 9.90. The standard InChI is InChI=1S/C4H5BO3S/c6-5(8-7)4-2-1-3-9-4/h1-3,6-7H. The van der Waals surface area contributed by atoms with Crippen molar-refractivity contribution in [2.45, 2.75) is 0 Å². The second-order valence-corrected chi connectivity index (χ2v) is 2.45. The van der Waals surface area contributed by atoms with Crippen molar-refractivity contribution in [3.8, 4) is 0 Å². The van der Waals surface area contributed by atoms with E-state index in [2.05, 4.69) is 4.81 Å². The molecule has 0 saturated carbocycles. The average molecular weight is 144 g/mol. The fraction of sp³-hybridized carbons (Fsp3) is 0. The van der Waals surface area contributed by atoms with Gasteiger partial charge in [-0.3, -0.25) is 10.1 Å². The van der Waals surface area contributed by atoms with Gasteiger partial charge >= 0.3 is 7.12 Å². The first-order valence-electron chi connectivity index (χ1n) is 2.36. The zero-order valence-corrected chi connectivity index (χ0v) is 5.34. The zero-order chi connectivity index (χ0) is 6.69. The molecule has 0 amide bonds. The van der Waals surface area contributed by atoms with Crippen LogP contribution in [0, 0.1) is 0 Å². The Morgan fingerprint density at radius 3 is 2.89 bits per heavy atom. The number of thiophene rings is 1. The topological polar surface area (TPSA) is 49.7 Å². The van der Waals surface area contributed by atoms with Gasteiger partial charge in [0.25, 0.3) is 0 Å². The van der Waals surface area contributed by atoms with Crippen LogP contribution in [0.3, 0.4) is 0 Å². The van der Waals surface area contributed by atoms with E-state index in [1.165, 1.54) is 11.3 Å². The number of rotatable bonds is 2. The third-order valence-corrected chi connectivity index (χ3v) is 1.79. The molecule has 0 unspecified atom stereocenters. The molecule has 2 N–H and O–H groups in total. The van der Waals surface area contributed by atoms with Crippen molar-refractivity contribution in [2.75, 3.05) is 0 Å². The fourth-order valence-corrected chi connectivity index (χ4v) is 1.11. The summed E-state index contributed by atoms with van der Waals surface area (Å²) in [4.78, 5) is 3.66. The van der Waals surface area contributed by atoms with Crippen molar-refractivity contribution in [2.24, 2.45) is 0 Å². The molecule has 0 fully saturated rings.